The minimum Gasteiger partial charge on any atom is -0.503 e. The van der Waals surface area contributed by atoms with E-state index in [2.05, 4.69) is 15.9 Å². The van der Waals surface area contributed by atoms with Crippen LogP contribution < -0.4 is 0 Å². The van der Waals surface area contributed by atoms with Gasteiger partial charge in [-0.2, -0.15) is 5.26 Å². The van der Waals surface area contributed by atoms with Crippen molar-refractivity contribution in [2.24, 2.45) is 0 Å². The van der Waals surface area contributed by atoms with Gasteiger partial charge in [0.25, 0.3) is 0 Å². The summed E-state index contributed by atoms with van der Waals surface area (Å²) < 4.78 is 25.3. The fourth-order valence-electron chi connectivity index (χ4n) is 0.682. The van der Waals surface area contributed by atoms with Gasteiger partial charge in [-0.05, 0) is 22.0 Å². The van der Waals surface area contributed by atoms with Crippen LogP contribution in [-0.4, -0.2) is 5.11 Å². The molecule has 0 spiro atoms. The van der Waals surface area contributed by atoms with E-state index in [1.165, 1.54) is 6.07 Å². The fraction of sp³-hybridized carbons (Fsp3) is 0. The molecule has 62 valence electrons. The molecule has 0 aliphatic heterocycles. The Bertz CT molecular complexity index is 373. The van der Waals surface area contributed by atoms with Crippen LogP contribution in [0.4, 0.5) is 8.78 Å². The van der Waals surface area contributed by atoms with E-state index in [0.717, 1.165) is 6.07 Å². The van der Waals surface area contributed by atoms with Crippen LogP contribution in [0.2, 0.25) is 0 Å². The first kappa shape index (κ1) is 8.94. The molecular weight excluding hydrogens is 232 g/mol. The van der Waals surface area contributed by atoms with E-state index in [0.29, 0.717) is 0 Å². The van der Waals surface area contributed by atoms with Gasteiger partial charge < -0.3 is 5.11 Å². The SMILES string of the molecule is N#Cc1c(Br)cc(F)c(O)c1F. The van der Waals surface area contributed by atoms with Crippen LogP contribution in [-0.2, 0) is 0 Å². The molecular formula is C7H2BrF2NO. The van der Waals surface area contributed by atoms with Gasteiger partial charge in [0.2, 0.25) is 0 Å². The predicted molar refractivity (Wildman–Crippen MR) is 40.4 cm³/mol. The molecule has 5 heteroatoms. The van der Waals surface area contributed by atoms with Gasteiger partial charge in [-0.1, -0.05) is 0 Å². The molecule has 0 radical (unpaired) electrons. The van der Waals surface area contributed by atoms with E-state index < -0.39 is 22.9 Å². The van der Waals surface area contributed by atoms with Crippen molar-refractivity contribution in [3.05, 3.63) is 27.7 Å². The highest BCUT2D eigenvalue weighted by Crippen LogP contribution is 2.28. The number of benzene rings is 1. The molecule has 0 bridgehead atoms. The number of phenols is 1. The van der Waals surface area contributed by atoms with Gasteiger partial charge in [0.05, 0.1) is 0 Å². The molecule has 0 aliphatic rings. The monoisotopic (exact) mass is 233 g/mol. The van der Waals surface area contributed by atoms with Crippen molar-refractivity contribution in [3.63, 3.8) is 0 Å². The third-order valence-corrected chi connectivity index (χ3v) is 1.88. The average Bonchev–Trinajstić information content (AvgIpc) is 2.01. The van der Waals surface area contributed by atoms with Gasteiger partial charge in [-0.25, -0.2) is 8.78 Å². The maximum Gasteiger partial charge on any atom is 0.189 e. The smallest absolute Gasteiger partial charge is 0.189 e. The van der Waals surface area contributed by atoms with Crippen LogP contribution in [0.3, 0.4) is 0 Å². The van der Waals surface area contributed by atoms with E-state index >= 15 is 0 Å². The summed E-state index contributed by atoms with van der Waals surface area (Å²) in [5.74, 6) is -3.47. The molecule has 0 aliphatic carbocycles. The van der Waals surface area contributed by atoms with Gasteiger partial charge in [0.15, 0.2) is 17.4 Å². The molecule has 1 rings (SSSR count). The summed E-state index contributed by atoms with van der Waals surface area (Å²) in [6.07, 6.45) is 0. The normalized spacial score (nSPS) is 9.50. The second kappa shape index (κ2) is 3.07. The molecule has 0 unspecified atom stereocenters. The van der Waals surface area contributed by atoms with Crippen molar-refractivity contribution in [2.75, 3.05) is 0 Å². The summed E-state index contributed by atoms with van der Waals surface area (Å²) in [5, 5.41) is 17.1. The van der Waals surface area contributed by atoms with E-state index in [9.17, 15) is 8.78 Å². The highest BCUT2D eigenvalue weighted by atomic mass is 79.9. The first-order chi connectivity index (χ1) is 5.57. The highest BCUT2D eigenvalue weighted by molar-refractivity contribution is 9.10. The standard InChI is InChI=1S/C7H2BrF2NO/c8-4-1-5(9)7(12)6(10)3(4)2-11/h1,12H. The quantitative estimate of drug-likeness (QED) is 0.748. The summed E-state index contributed by atoms with van der Waals surface area (Å²) in [4.78, 5) is 0. The molecule has 0 heterocycles. The number of nitrogens with zero attached hydrogens (tertiary/aromatic N) is 1. The van der Waals surface area contributed by atoms with E-state index in [1.807, 2.05) is 0 Å². The van der Waals surface area contributed by atoms with E-state index in [4.69, 9.17) is 10.4 Å². The van der Waals surface area contributed by atoms with Gasteiger partial charge in [-0.3, -0.25) is 0 Å². The molecule has 1 aromatic rings. The maximum absolute atomic E-state index is 12.8. The van der Waals surface area contributed by atoms with Crippen molar-refractivity contribution in [2.45, 2.75) is 0 Å². The molecule has 0 aromatic heterocycles. The minimum atomic E-state index is -1.25. The molecule has 0 atom stereocenters. The molecule has 0 amide bonds. The molecule has 0 fully saturated rings. The second-order valence-electron chi connectivity index (χ2n) is 1.99. The predicted octanol–water partition coefficient (Wildman–Crippen LogP) is 2.30. The molecule has 2 nitrogen and oxygen atoms in total. The van der Waals surface area contributed by atoms with Crippen molar-refractivity contribution in [3.8, 4) is 11.8 Å². The third-order valence-electron chi connectivity index (χ3n) is 1.26. The first-order valence-electron chi connectivity index (χ1n) is 2.84. The lowest BCUT2D eigenvalue weighted by atomic mass is 10.2. The Hall–Kier alpha value is -1.15. The molecule has 12 heavy (non-hydrogen) atoms. The summed E-state index contributed by atoms with van der Waals surface area (Å²) in [5.41, 5.74) is -0.408. The van der Waals surface area contributed by atoms with Crippen molar-refractivity contribution in [1.82, 2.24) is 0 Å². The molecule has 0 saturated carbocycles. The Morgan fingerprint density at radius 2 is 2.08 bits per heavy atom. The number of phenolic OH excluding ortho intramolecular Hbond substituents is 1. The Morgan fingerprint density at radius 3 is 2.58 bits per heavy atom. The van der Waals surface area contributed by atoms with Crippen LogP contribution in [0.25, 0.3) is 0 Å². The summed E-state index contributed by atoms with van der Waals surface area (Å²) in [6.45, 7) is 0. The minimum absolute atomic E-state index is 0.0159. The topological polar surface area (TPSA) is 44.0 Å². The zero-order valence-electron chi connectivity index (χ0n) is 5.61. The Balaban J connectivity index is 3.54. The lowest BCUT2D eigenvalue weighted by Gasteiger charge is -2.00. The van der Waals surface area contributed by atoms with E-state index in [-0.39, 0.29) is 4.47 Å². The number of hydrogen-bond donors (Lipinski definition) is 1. The van der Waals surface area contributed by atoms with Crippen LogP contribution in [0, 0.1) is 23.0 Å². The van der Waals surface area contributed by atoms with Gasteiger partial charge >= 0.3 is 0 Å². The summed E-state index contributed by atoms with van der Waals surface area (Å²) in [6, 6.07) is 2.31. The van der Waals surface area contributed by atoms with Gasteiger partial charge in [0, 0.05) is 4.47 Å². The molecule has 0 saturated heterocycles. The largest absolute Gasteiger partial charge is 0.503 e. The number of aromatic hydroxyl groups is 1. The van der Waals surface area contributed by atoms with Crippen LogP contribution in [0.5, 0.6) is 5.75 Å². The van der Waals surface area contributed by atoms with Crippen LogP contribution >= 0.6 is 15.9 Å². The zero-order chi connectivity index (χ0) is 9.30. The van der Waals surface area contributed by atoms with Gasteiger partial charge in [0.1, 0.15) is 11.6 Å². The van der Waals surface area contributed by atoms with Crippen molar-refractivity contribution >= 4 is 15.9 Å². The Kier molecular flexibility index (Phi) is 2.29. The lowest BCUT2D eigenvalue weighted by Crippen LogP contribution is -1.89. The second-order valence-corrected chi connectivity index (χ2v) is 2.84. The van der Waals surface area contributed by atoms with Crippen molar-refractivity contribution in [1.29, 1.82) is 5.26 Å². The number of rotatable bonds is 0. The number of hydrogen-bond acceptors (Lipinski definition) is 2. The number of halogens is 3. The highest BCUT2D eigenvalue weighted by Gasteiger charge is 2.15. The summed E-state index contributed by atoms with van der Waals surface area (Å²) >= 11 is 2.78. The lowest BCUT2D eigenvalue weighted by molar-refractivity contribution is 0.395. The zero-order valence-corrected chi connectivity index (χ0v) is 7.19. The van der Waals surface area contributed by atoms with E-state index in [1.54, 1.807) is 0 Å². The molecule has 1 aromatic carbocycles. The van der Waals surface area contributed by atoms with Gasteiger partial charge in [-0.15, -0.1) is 0 Å². The molecule has 1 N–H and O–H groups in total. The van der Waals surface area contributed by atoms with Crippen molar-refractivity contribution < 1.29 is 13.9 Å². The average molecular weight is 234 g/mol. The first-order valence-corrected chi connectivity index (χ1v) is 3.63. The number of nitriles is 1. The van der Waals surface area contributed by atoms with Crippen LogP contribution in [0.15, 0.2) is 10.5 Å². The fourth-order valence-corrected chi connectivity index (χ4v) is 1.15. The summed E-state index contributed by atoms with van der Waals surface area (Å²) in [7, 11) is 0. The third kappa shape index (κ3) is 1.25. The maximum atomic E-state index is 12.8. The Morgan fingerprint density at radius 1 is 1.50 bits per heavy atom. The van der Waals surface area contributed by atoms with Crippen LogP contribution in [0.1, 0.15) is 5.56 Å². The Labute approximate surface area is 75.2 Å².